The summed E-state index contributed by atoms with van der Waals surface area (Å²) in [6.45, 7) is 7.78. The Morgan fingerprint density at radius 3 is 2.14 bits per heavy atom. The topological polar surface area (TPSA) is 144 Å². The summed E-state index contributed by atoms with van der Waals surface area (Å²) in [6.07, 6.45) is 3.74. The molecule has 0 bridgehead atoms. The van der Waals surface area contributed by atoms with Crippen molar-refractivity contribution in [2.45, 2.75) is 69.3 Å². The van der Waals surface area contributed by atoms with Crippen LogP contribution in [0, 0.1) is 5.92 Å². The van der Waals surface area contributed by atoms with Gasteiger partial charge in [-0.3, -0.25) is 9.59 Å². The van der Waals surface area contributed by atoms with Crippen LogP contribution < -0.4 is 10.6 Å². The lowest BCUT2D eigenvalue weighted by Gasteiger charge is -2.36. The molecule has 0 fully saturated rings. The molecule has 1 heterocycles. The summed E-state index contributed by atoms with van der Waals surface area (Å²) in [5.74, 6) is -2.33. The summed E-state index contributed by atoms with van der Waals surface area (Å²) in [6, 6.07) is 31.2. The standard InChI is InChI=1S/C48H53N3O8/c1-3-5-24-44(50-48(56)59-32-43-41-22-13-11-20-39(41)40-21-12-14-23-42(40)43)47(55)58-31-37(30-57-29-33-16-7-6-8-17-33)49-46(54)35(15-4-2)26-45(53)51-27-36-19-10-9-18-34(36)25-38(51)28-52/h3-4,6-14,16-23,35,37-38,43-44,52H,1-2,5,15,24-32H2,(H,49,54)(H,50,56)/t35-,37-,38-,44-/m0/s1. The van der Waals surface area contributed by atoms with E-state index in [1.165, 1.54) is 0 Å². The highest BCUT2D eigenvalue weighted by Crippen LogP contribution is 2.44. The molecular weight excluding hydrogens is 747 g/mol. The maximum Gasteiger partial charge on any atom is 0.407 e. The molecular formula is C48H53N3O8. The summed E-state index contributed by atoms with van der Waals surface area (Å²) < 4.78 is 17.5. The summed E-state index contributed by atoms with van der Waals surface area (Å²) >= 11 is 0. The van der Waals surface area contributed by atoms with Crippen LogP contribution in [0.3, 0.4) is 0 Å². The van der Waals surface area contributed by atoms with Gasteiger partial charge in [-0.2, -0.15) is 0 Å². The molecule has 0 saturated heterocycles. The van der Waals surface area contributed by atoms with Crippen LogP contribution in [0.1, 0.15) is 59.4 Å². The average Bonchev–Trinajstić information content (AvgIpc) is 3.58. The van der Waals surface area contributed by atoms with Crippen LogP contribution in [-0.4, -0.2) is 78.4 Å². The highest BCUT2D eigenvalue weighted by molar-refractivity contribution is 5.87. The Kier molecular flexibility index (Phi) is 15.2. The lowest BCUT2D eigenvalue weighted by atomic mass is 9.92. The number of allylic oxidation sites excluding steroid dienone is 2. The number of nitrogens with one attached hydrogen (secondary N) is 2. The van der Waals surface area contributed by atoms with Crippen molar-refractivity contribution in [1.82, 2.24) is 15.5 Å². The summed E-state index contributed by atoms with van der Waals surface area (Å²) in [4.78, 5) is 56.1. The first-order valence-corrected chi connectivity index (χ1v) is 20.2. The van der Waals surface area contributed by atoms with Crippen molar-refractivity contribution in [2.24, 2.45) is 5.92 Å². The zero-order valence-electron chi connectivity index (χ0n) is 33.3. The molecule has 2 aliphatic rings. The minimum atomic E-state index is -1.05. The number of hydrogen-bond donors (Lipinski definition) is 3. The van der Waals surface area contributed by atoms with Crippen molar-refractivity contribution in [3.8, 4) is 11.1 Å². The lowest BCUT2D eigenvalue weighted by molar-refractivity contribution is -0.148. The zero-order chi connectivity index (χ0) is 41.6. The van der Waals surface area contributed by atoms with Crippen LogP contribution in [0.5, 0.6) is 0 Å². The maximum absolute atomic E-state index is 13.9. The fourth-order valence-corrected chi connectivity index (χ4v) is 7.80. The monoisotopic (exact) mass is 799 g/mol. The number of nitrogens with zero attached hydrogens (tertiary/aromatic N) is 1. The van der Waals surface area contributed by atoms with Gasteiger partial charge in [-0.05, 0) is 64.6 Å². The van der Waals surface area contributed by atoms with E-state index in [-0.39, 0.29) is 64.1 Å². The minimum absolute atomic E-state index is 0.00467. The molecule has 0 spiro atoms. The molecule has 4 aromatic rings. The molecule has 0 radical (unpaired) electrons. The molecule has 11 heteroatoms. The minimum Gasteiger partial charge on any atom is -0.462 e. The van der Waals surface area contributed by atoms with Crippen LogP contribution in [0.15, 0.2) is 128 Å². The van der Waals surface area contributed by atoms with E-state index in [2.05, 4.69) is 35.9 Å². The van der Waals surface area contributed by atoms with E-state index < -0.39 is 42.0 Å². The molecule has 1 aliphatic heterocycles. The predicted octanol–water partition coefficient (Wildman–Crippen LogP) is 6.63. The number of rotatable bonds is 20. The van der Waals surface area contributed by atoms with Gasteiger partial charge >= 0.3 is 12.1 Å². The van der Waals surface area contributed by atoms with E-state index in [4.69, 9.17) is 14.2 Å². The van der Waals surface area contributed by atoms with Crippen LogP contribution in [-0.2, 0) is 48.2 Å². The first kappa shape index (κ1) is 42.6. The fourth-order valence-electron chi connectivity index (χ4n) is 7.80. The summed E-state index contributed by atoms with van der Waals surface area (Å²) in [7, 11) is 0. The maximum atomic E-state index is 13.9. The Bertz CT molecular complexity index is 2040. The lowest BCUT2D eigenvalue weighted by Crippen LogP contribution is -2.49. The van der Waals surface area contributed by atoms with E-state index in [0.29, 0.717) is 19.4 Å². The van der Waals surface area contributed by atoms with Gasteiger partial charge in [0, 0.05) is 18.9 Å². The molecule has 0 saturated carbocycles. The molecule has 1 aliphatic carbocycles. The number of benzene rings is 4. The van der Waals surface area contributed by atoms with E-state index in [0.717, 1.165) is 38.9 Å². The third kappa shape index (κ3) is 11.1. The number of carbonyl (C=O) groups excluding carboxylic acids is 4. The van der Waals surface area contributed by atoms with Gasteiger partial charge in [0.25, 0.3) is 0 Å². The van der Waals surface area contributed by atoms with Crippen LogP contribution >= 0.6 is 0 Å². The number of ether oxygens (including phenoxy) is 3. The highest BCUT2D eigenvalue weighted by atomic mass is 16.6. The van der Waals surface area contributed by atoms with Gasteiger partial charge in [0.05, 0.1) is 37.8 Å². The number of aliphatic hydroxyl groups excluding tert-OH is 1. The van der Waals surface area contributed by atoms with Crippen LogP contribution in [0.25, 0.3) is 11.1 Å². The normalized spacial score (nSPS) is 15.7. The number of amides is 3. The number of carbonyl (C=O) groups is 4. The second-order valence-electron chi connectivity index (χ2n) is 15.0. The number of hydrogen-bond acceptors (Lipinski definition) is 8. The van der Waals surface area contributed by atoms with Crippen molar-refractivity contribution in [3.05, 3.63) is 156 Å². The smallest absolute Gasteiger partial charge is 0.407 e. The van der Waals surface area contributed by atoms with E-state index in [9.17, 15) is 24.3 Å². The van der Waals surface area contributed by atoms with Gasteiger partial charge in [-0.1, -0.05) is 115 Å². The van der Waals surface area contributed by atoms with Crippen LogP contribution in [0.2, 0.25) is 0 Å². The Morgan fingerprint density at radius 1 is 0.797 bits per heavy atom. The van der Waals surface area contributed by atoms with E-state index >= 15 is 0 Å². The highest BCUT2D eigenvalue weighted by Gasteiger charge is 2.34. The van der Waals surface area contributed by atoms with E-state index in [1.807, 2.05) is 91.0 Å². The number of fused-ring (bicyclic) bond motifs is 4. The number of aliphatic hydroxyl groups is 1. The van der Waals surface area contributed by atoms with Gasteiger partial charge in [0.15, 0.2) is 0 Å². The second kappa shape index (κ2) is 21.1. The van der Waals surface area contributed by atoms with Crippen molar-refractivity contribution < 1.29 is 38.5 Å². The molecule has 308 valence electrons. The van der Waals surface area contributed by atoms with Gasteiger partial charge < -0.3 is 34.9 Å². The second-order valence-corrected chi connectivity index (χ2v) is 15.0. The van der Waals surface area contributed by atoms with Gasteiger partial charge in [-0.25, -0.2) is 9.59 Å². The van der Waals surface area contributed by atoms with Crippen molar-refractivity contribution in [3.63, 3.8) is 0 Å². The third-order valence-electron chi connectivity index (χ3n) is 10.9. The number of esters is 1. The Hall–Kier alpha value is -6.04. The van der Waals surface area contributed by atoms with Crippen molar-refractivity contribution in [1.29, 1.82) is 0 Å². The van der Waals surface area contributed by atoms with Gasteiger partial charge in [0.2, 0.25) is 11.8 Å². The van der Waals surface area contributed by atoms with E-state index in [1.54, 1.807) is 17.1 Å². The first-order valence-electron chi connectivity index (χ1n) is 20.2. The molecule has 6 rings (SSSR count). The van der Waals surface area contributed by atoms with Crippen molar-refractivity contribution in [2.75, 3.05) is 26.4 Å². The molecule has 0 aromatic heterocycles. The molecule has 0 unspecified atom stereocenters. The third-order valence-corrected chi connectivity index (χ3v) is 10.9. The first-order chi connectivity index (χ1) is 28.8. The molecule has 3 amide bonds. The molecule has 59 heavy (non-hydrogen) atoms. The fraction of sp³-hybridized carbons (Fsp3) is 0.333. The molecule has 3 N–H and O–H groups in total. The SMILES string of the molecule is C=CCC[C@H](NC(=O)OCC1c2ccccc2-c2ccccc21)C(=O)OC[C@H](COCc1ccccc1)NC(=O)[C@@H](CC=C)CC(=O)N1Cc2ccccc2C[C@H]1CO. The predicted molar refractivity (Wildman–Crippen MR) is 225 cm³/mol. The van der Waals surface area contributed by atoms with Gasteiger partial charge in [-0.15, -0.1) is 13.2 Å². The summed E-state index contributed by atoms with van der Waals surface area (Å²) in [5.41, 5.74) is 7.35. The van der Waals surface area contributed by atoms with Crippen molar-refractivity contribution >= 4 is 23.9 Å². The van der Waals surface area contributed by atoms with Crippen LogP contribution in [0.4, 0.5) is 4.79 Å². The largest absolute Gasteiger partial charge is 0.462 e. The zero-order valence-corrected chi connectivity index (χ0v) is 33.3. The molecule has 4 aromatic carbocycles. The summed E-state index contributed by atoms with van der Waals surface area (Å²) in [5, 5.41) is 15.8. The molecule has 4 atom stereocenters. The Morgan fingerprint density at radius 2 is 1.46 bits per heavy atom. The number of alkyl carbamates (subject to hydrolysis) is 1. The quantitative estimate of drug-likeness (QED) is 0.0668. The Balaban J connectivity index is 1.09. The Labute approximate surface area is 346 Å². The average molecular weight is 800 g/mol. The molecule has 11 nitrogen and oxygen atoms in total. The van der Waals surface area contributed by atoms with Gasteiger partial charge in [0.1, 0.15) is 19.3 Å².